The maximum absolute atomic E-state index is 4.77. The van der Waals surface area contributed by atoms with Crippen molar-refractivity contribution >= 4 is 22.8 Å². The van der Waals surface area contributed by atoms with Crippen LogP contribution >= 0.6 is 0 Å². The molecule has 5 heterocycles. The minimum Gasteiger partial charge on any atom is -0.368 e. The van der Waals surface area contributed by atoms with E-state index in [2.05, 4.69) is 73.6 Å². The lowest BCUT2D eigenvalue weighted by molar-refractivity contribution is 0.271. The molecule has 3 unspecified atom stereocenters. The number of rotatable bonds is 5. The Hall–Kier alpha value is -2.68. The van der Waals surface area contributed by atoms with Gasteiger partial charge in [-0.3, -0.25) is 10.9 Å². The van der Waals surface area contributed by atoms with Crippen LogP contribution in [0.4, 0.5) is 17.2 Å². The summed E-state index contributed by atoms with van der Waals surface area (Å²) >= 11 is 0. The van der Waals surface area contributed by atoms with Crippen LogP contribution in [0.1, 0.15) is 43.4 Å². The monoisotopic (exact) mass is 460 g/mol. The topological polar surface area (TPSA) is 72.8 Å². The Morgan fingerprint density at radius 1 is 1.12 bits per heavy atom. The van der Waals surface area contributed by atoms with Gasteiger partial charge in [0.2, 0.25) is 0 Å². The predicted octanol–water partition coefficient (Wildman–Crippen LogP) is 3.28. The van der Waals surface area contributed by atoms with Gasteiger partial charge in [0.25, 0.3) is 0 Å². The van der Waals surface area contributed by atoms with E-state index in [1.165, 1.54) is 36.2 Å². The average Bonchev–Trinajstić information content (AvgIpc) is 3.56. The smallest absolute Gasteiger partial charge is 0.160 e. The number of imidazole rings is 1. The first-order valence-corrected chi connectivity index (χ1v) is 12.8. The number of nitrogens with zero attached hydrogens (tertiary/aromatic N) is 5. The van der Waals surface area contributed by atoms with E-state index in [1.54, 1.807) is 0 Å². The summed E-state index contributed by atoms with van der Waals surface area (Å²) in [5.41, 5.74) is 12.8. The van der Waals surface area contributed by atoms with Crippen LogP contribution in [0.5, 0.6) is 0 Å². The van der Waals surface area contributed by atoms with Crippen molar-refractivity contribution in [2.24, 2.45) is 5.92 Å². The molecule has 0 spiro atoms. The van der Waals surface area contributed by atoms with Crippen LogP contribution < -0.4 is 21.1 Å². The number of aryl methyl sites for hydroxylation is 1. The third-order valence-electron chi connectivity index (χ3n) is 8.24. The number of hydrogen-bond acceptors (Lipinski definition) is 7. The normalized spacial score (nSPS) is 25.6. The molecular weight excluding hydrogens is 424 g/mol. The molecule has 8 heteroatoms. The first-order chi connectivity index (χ1) is 16.7. The largest absolute Gasteiger partial charge is 0.368 e. The van der Waals surface area contributed by atoms with Gasteiger partial charge in [-0.05, 0) is 68.3 Å². The van der Waals surface area contributed by atoms with Crippen LogP contribution in [-0.4, -0.2) is 64.6 Å². The fourth-order valence-electron chi connectivity index (χ4n) is 6.11. The molecule has 3 aliphatic rings. The standard InChI is InChI=1S/C26H36N8/c1-3-32-10-12-33(13-11-32)21-6-7-25(28-17-21)30-24-15-22(18(2)34-9-8-27-26(24)34)19-4-5-20-16-29-31-23(20)14-19/h6-9,15,17,19-20,23,29,31H,3-5,10-14,16H2,1-2H3,(H,28,30). The fraction of sp³-hybridized carbons (Fsp3) is 0.538. The van der Waals surface area contributed by atoms with Crippen LogP contribution in [0.15, 0.2) is 36.8 Å². The molecule has 3 aromatic heterocycles. The van der Waals surface area contributed by atoms with Gasteiger partial charge in [-0.25, -0.2) is 9.97 Å². The van der Waals surface area contributed by atoms with Gasteiger partial charge in [-0.1, -0.05) is 6.92 Å². The van der Waals surface area contributed by atoms with Crippen molar-refractivity contribution < 1.29 is 0 Å². The molecule has 3 fully saturated rings. The van der Waals surface area contributed by atoms with Crippen molar-refractivity contribution in [1.82, 2.24) is 30.1 Å². The molecule has 0 radical (unpaired) electrons. The molecule has 2 aliphatic heterocycles. The van der Waals surface area contributed by atoms with Crippen molar-refractivity contribution in [1.29, 1.82) is 0 Å². The molecule has 3 atom stereocenters. The highest BCUT2D eigenvalue weighted by Crippen LogP contribution is 2.40. The van der Waals surface area contributed by atoms with E-state index in [-0.39, 0.29) is 0 Å². The minimum absolute atomic E-state index is 0.554. The van der Waals surface area contributed by atoms with Crippen LogP contribution in [-0.2, 0) is 0 Å². The second kappa shape index (κ2) is 9.17. The fourth-order valence-corrected chi connectivity index (χ4v) is 6.11. The number of pyridine rings is 2. The molecule has 0 aromatic carbocycles. The predicted molar refractivity (Wildman–Crippen MR) is 137 cm³/mol. The van der Waals surface area contributed by atoms with Crippen molar-refractivity contribution in [3.05, 3.63) is 48.0 Å². The summed E-state index contributed by atoms with van der Waals surface area (Å²) < 4.78 is 2.23. The number of fused-ring (bicyclic) bond motifs is 2. The van der Waals surface area contributed by atoms with Gasteiger partial charge in [-0.2, -0.15) is 0 Å². The van der Waals surface area contributed by atoms with Gasteiger partial charge in [0.15, 0.2) is 5.65 Å². The minimum atomic E-state index is 0.554. The SMILES string of the molecule is CCN1CCN(c2ccc(Nc3cc(C4CCC5CNNC5C4)c(C)n4ccnc34)nc2)CC1. The lowest BCUT2D eigenvalue weighted by Gasteiger charge is -2.35. The molecular formula is C26H36N8. The summed E-state index contributed by atoms with van der Waals surface area (Å²) in [4.78, 5) is 14.4. The van der Waals surface area contributed by atoms with Crippen LogP contribution in [0.25, 0.3) is 5.65 Å². The molecule has 8 nitrogen and oxygen atoms in total. The Bertz CT molecular complexity index is 1130. The quantitative estimate of drug-likeness (QED) is 0.540. The number of hydrogen-bond donors (Lipinski definition) is 3. The Kier molecular flexibility index (Phi) is 5.89. The summed E-state index contributed by atoms with van der Waals surface area (Å²) in [7, 11) is 0. The molecule has 6 rings (SSSR count). The van der Waals surface area contributed by atoms with Gasteiger partial charge >= 0.3 is 0 Å². The first-order valence-electron chi connectivity index (χ1n) is 12.8. The zero-order chi connectivity index (χ0) is 23.1. The lowest BCUT2D eigenvalue weighted by Crippen LogP contribution is -2.46. The molecule has 3 aromatic rings. The molecule has 34 heavy (non-hydrogen) atoms. The molecule has 3 N–H and O–H groups in total. The summed E-state index contributed by atoms with van der Waals surface area (Å²) in [6.45, 7) is 11.1. The second-order valence-corrected chi connectivity index (χ2v) is 10.1. The van der Waals surface area contributed by atoms with Crippen LogP contribution in [0, 0.1) is 12.8 Å². The van der Waals surface area contributed by atoms with E-state index in [4.69, 9.17) is 4.98 Å². The van der Waals surface area contributed by atoms with E-state index < -0.39 is 0 Å². The molecule has 2 saturated heterocycles. The number of likely N-dealkylation sites (N-methyl/N-ethyl adjacent to an activating group) is 1. The highest BCUT2D eigenvalue weighted by molar-refractivity contribution is 5.74. The summed E-state index contributed by atoms with van der Waals surface area (Å²) in [5, 5.41) is 3.58. The van der Waals surface area contributed by atoms with Crippen LogP contribution in [0.2, 0.25) is 0 Å². The number of anilines is 3. The van der Waals surface area contributed by atoms with E-state index in [0.717, 1.165) is 62.3 Å². The van der Waals surface area contributed by atoms with E-state index in [0.29, 0.717) is 12.0 Å². The van der Waals surface area contributed by atoms with Crippen molar-refractivity contribution in [3.63, 3.8) is 0 Å². The first kappa shape index (κ1) is 21.8. The number of piperazine rings is 1. The Morgan fingerprint density at radius 2 is 2.00 bits per heavy atom. The summed E-state index contributed by atoms with van der Waals surface area (Å²) in [6.07, 6.45) is 9.66. The number of aromatic nitrogens is 3. The third kappa shape index (κ3) is 4.04. The lowest BCUT2D eigenvalue weighted by atomic mass is 9.76. The highest BCUT2D eigenvalue weighted by Gasteiger charge is 2.35. The summed E-state index contributed by atoms with van der Waals surface area (Å²) in [6, 6.07) is 7.18. The second-order valence-electron chi connectivity index (χ2n) is 10.1. The van der Waals surface area contributed by atoms with Crippen molar-refractivity contribution in [3.8, 4) is 0 Å². The highest BCUT2D eigenvalue weighted by atomic mass is 15.4. The Balaban J connectivity index is 1.23. The maximum atomic E-state index is 4.77. The Morgan fingerprint density at radius 3 is 2.79 bits per heavy atom. The average molecular weight is 461 g/mol. The molecule has 180 valence electrons. The van der Waals surface area contributed by atoms with Gasteiger partial charge in [0.05, 0.1) is 17.6 Å². The van der Waals surface area contributed by atoms with Gasteiger partial charge in [-0.15, -0.1) is 0 Å². The molecule has 1 aliphatic carbocycles. The maximum Gasteiger partial charge on any atom is 0.160 e. The van der Waals surface area contributed by atoms with Crippen molar-refractivity contribution in [2.45, 2.75) is 45.1 Å². The van der Waals surface area contributed by atoms with Gasteiger partial charge < -0.3 is 19.5 Å². The zero-order valence-electron chi connectivity index (χ0n) is 20.3. The molecule has 0 bridgehead atoms. The van der Waals surface area contributed by atoms with Crippen molar-refractivity contribution in [2.75, 3.05) is 49.5 Å². The van der Waals surface area contributed by atoms with E-state index >= 15 is 0 Å². The van der Waals surface area contributed by atoms with Crippen LogP contribution in [0.3, 0.4) is 0 Å². The third-order valence-corrected chi connectivity index (χ3v) is 8.24. The van der Waals surface area contributed by atoms with Gasteiger partial charge in [0, 0.05) is 56.9 Å². The zero-order valence-corrected chi connectivity index (χ0v) is 20.3. The van der Waals surface area contributed by atoms with Gasteiger partial charge in [0.1, 0.15) is 5.82 Å². The number of hydrazine groups is 1. The molecule has 0 amide bonds. The molecule has 1 saturated carbocycles. The van der Waals surface area contributed by atoms with E-state index in [1.807, 2.05) is 12.4 Å². The Labute approximate surface area is 201 Å². The number of nitrogens with one attached hydrogen (secondary N) is 3. The van der Waals surface area contributed by atoms with E-state index in [9.17, 15) is 0 Å². The summed E-state index contributed by atoms with van der Waals surface area (Å²) in [5.74, 6) is 2.18.